The first-order valence-electron chi connectivity index (χ1n) is 12.6. The molecule has 4 rings (SSSR count). The van der Waals surface area contributed by atoms with Crippen molar-refractivity contribution in [2.75, 3.05) is 13.1 Å². The van der Waals surface area contributed by atoms with Crippen LogP contribution in [0.5, 0.6) is 5.75 Å². The minimum absolute atomic E-state index is 0.0387. The zero-order valence-corrected chi connectivity index (χ0v) is 20.4. The monoisotopic (exact) mass is 449 g/mol. The number of hydrogen-bond acceptors (Lipinski definition) is 4. The van der Waals surface area contributed by atoms with Crippen LogP contribution in [0.25, 0.3) is 0 Å². The third-order valence-electron chi connectivity index (χ3n) is 6.99. The maximum Gasteiger partial charge on any atom is 0.225 e. The lowest BCUT2D eigenvalue weighted by molar-refractivity contribution is -0.129. The molecule has 1 aliphatic heterocycles. The van der Waals surface area contributed by atoms with Gasteiger partial charge in [0.05, 0.1) is 17.8 Å². The molecular formula is C28H39N3O2. The summed E-state index contributed by atoms with van der Waals surface area (Å²) in [6.45, 7) is 8.87. The molecule has 0 radical (unpaired) electrons. The molecule has 5 nitrogen and oxygen atoms in total. The first-order chi connectivity index (χ1) is 15.9. The summed E-state index contributed by atoms with van der Waals surface area (Å²) in [6, 6.07) is 14.6. The fraction of sp³-hybridized carbons (Fsp3) is 0.571. The lowest BCUT2D eigenvalue weighted by Crippen LogP contribution is -2.44. The van der Waals surface area contributed by atoms with Crippen molar-refractivity contribution in [2.24, 2.45) is 11.3 Å². The topological polar surface area (TPSA) is 54.5 Å². The second-order valence-electron chi connectivity index (χ2n) is 10.7. The molecule has 2 aromatic rings. The van der Waals surface area contributed by atoms with Gasteiger partial charge in [0.2, 0.25) is 5.91 Å². The molecule has 1 N–H and O–H groups in total. The standard InChI is InChI=1S/C28H39N3O2/c1-28(2,3)27(32)30-26(25-13-6-7-16-29-25)22-14-17-31(18-15-22)20-21-9-8-12-24(19-21)33-23-10-4-5-11-23/h6-9,12-13,16,19,22-23,26H,4-5,10-11,14-15,17-18,20H2,1-3H3,(H,30,32). The molecule has 0 spiro atoms. The molecule has 2 fully saturated rings. The molecule has 1 saturated carbocycles. The van der Waals surface area contributed by atoms with Crippen molar-refractivity contribution in [1.82, 2.24) is 15.2 Å². The SMILES string of the molecule is CC(C)(C)C(=O)NC(c1ccccn1)C1CCN(Cc2cccc(OC3CCCC3)c2)CC1. The summed E-state index contributed by atoms with van der Waals surface area (Å²) >= 11 is 0. The molecule has 0 bridgehead atoms. The van der Waals surface area contributed by atoms with Gasteiger partial charge in [-0.1, -0.05) is 39.0 Å². The Labute approximate surface area is 198 Å². The number of carbonyl (C=O) groups excluding carboxylic acids is 1. The van der Waals surface area contributed by atoms with Crippen LogP contribution in [-0.4, -0.2) is 35.0 Å². The second-order valence-corrected chi connectivity index (χ2v) is 10.7. The first kappa shape index (κ1) is 23.7. The summed E-state index contributed by atoms with van der Waals surface area (Å²) < 4.78 is 6.20. The highest BCUT2D eigenvalue weighted by atomic mass is 16.5. The minimum atomic E-state index is -0.417. The number of aromatic nitrogens is 1. The summed E-state index contributed by atoms with van der Waals surface area (Å²) in [5, 5.41) is 3.31. The zero-order chi connectivity index (χ0) is 23.3. The van der Waals surface area contributed by atoms with Crippen molar-refractivity contribution < 1.29 is 9.53 Å². The predicted octanol–water partition coefficient (Wildman–Crippen LogP) is 5.52. The molecule has 1 atom stereocenters. The Morgan fingerprint density at radius 1 is 1.09 bits per heavy atom. The number of ether oxygens (including phenoxy) is 1. The van der Waals surface area contributed by atoms with E-state index < -0.39 is 5.41 Å². The fourth-order valence-corrected chi connectivity index (χ4v) is 4.97. The Morgan fingerprint density at radius 2 is 1.85 bits per heavy atom. The summed E-state index contributed by atoms with van der Waals surface area (Å²) in [7, 11) is 0. The van der Waals surface area contributed by atoms with Crippen LogP contribution in [0.15, 0.2) is 48.7 Å². The number of rotatable bonds is 7. The number of hydrogen-bond donors (Lipinski definition) is 1. The molecule has 1 aromatic heterocycles. The van der Waals surface area contributed by atoms with E-state index in [0.717, 1.165) is 43.9 Å². The summed E-state index contributed by atoms with van der Waals surface area (Å²) in [5.41, 5.74) is 1.86. The van der Waals surface area contributed by atoms with Crippen molar-refractivity contribution in [3.05, 3.63) is 59.9 Å². The van der Waals surface area contributed by atoms with E-state index in [1.54, 1.807) is 0 Å². The van der Waals surface area contributed by atoms with E-state index in [-0.39, 0.29) is 11.9 Å². The molecule has 1 amide bonds. The van der Waals surface area contributed by atoms with E-state index >= 15 is 0 Å². The molecule has 2 aliphatic rings. The van der Waals surface area contributed by atoms with Crippen LogP contribution < -0.4 is 10.1 Å². The number of amides is 1. The van der Waals surface area contributed by atoms with Crippen molar-refractivity contribution in [1.29, 1.82) is 0 Å². The van der Waals surface area contributed by atoms with E-state index in [1.165, 1.54) is 31.2 Å². The average Bonchev–Trinajstić information content (AvgIpc) is 3.31. The fourth-order valence-electron chi connectivity index (χ4n) is 4.97. The molecule has 1 saturated heterocycles. The minimum Gasteiger partial charge on any atom is -0.490 e. The van der Waals surface area contributed by atoms with Crippen LogP contribution in [0.1, 0.15) is 76.6 Å². The Morgan fingerprint density at radius 3 is 2.52 bits per heavy atom. The highest BCUT2D eigenvalue weighted by molar-refractivity contribution is 5.81. The number of carbonyl (C=O) groups is 1. The average molecular weight is 450 g/mol. The number of piperidine rings is 1. The van der Waals surface area contributed by atoms with Gasteiger partial charge in [0, 0.05) is 18.2 Å². The van der Waals surface area contributed by atoms with Gasteiger partial charge in [-0.3, -0.25) is 14.7 Å². The van der Waals surface area contributed by atoms with Gasteiger partial charge in [0.1, 0.15) is 5.75 Å². The Kier molecular flexibility index (Phi) is 7.69. The maximum absolute atomic E-state index is 12.8. The van der Waals surface area contributed by atoms with Crippen LogP contribution in [0.2, 0.25) is 0 Å². The van der Waals surface area contributed by atoms with E-state index in [2.05, 4.69) is 39.5 Å². The van der Waals surface area contributed by atoms with Crippen LogP contribution in [0.4, 0.5) is 0 Å². The van der Waals surface area contributed by atoms with Crippen LogP contribution in [0.3, 0.4) is 0 Å². The smallest absolute Gasteiger partial charge is 0.225 e. The molecule has 1 aromatic carbocycles. The summed E-state index contributed by atoms with van der Waals surface area (Å²) in [5.74, 6) is 1.48. The molecule has 1 aliphatic carbocycles. The third kappa shape index (κ3) is 6.57. The van der Waals surface area contributed by atoms with Crippen LogP contribution in [-0.2, 0) is 11.3 Å². The Bertz CT molecular complexity index is 895. The highest BCUT2D eigenvalue weighted by Gasteiger charge is 2.32. The molecule has 178 valence electrons. The van der Waals surface area contributed by atoms with E-state index in [0.29, 0.717) is 12.0 Å². The number of likely N-dealkylation sites (tertiary alicyclic amines) is 1. The molecule has 5 heteroatoms. The lowest BCUT2D eigenvalue weighted by atomic mass is 9.85. The molecule has 1 unspecified atom stereocenters. The molecule has 33 heavy (non-hydrogen) atoms. The third-order valence-corrected chi connectivity index (χ3v) is 6.99. The van der Waals surface area contributed by atoms with E-state index in [4.69, 9.17) is 4.74 Å². The second kappa shape index (κ2) is 10.7. The highest BCUT2D eigenvalue weighted by Crippen LogP contribution is 2.32. The van der Waals surface area contributed by atoms with Crippen molar-refractivity contribution >= 4 is 5.91 Å². The predicted molar refractivity (Wildman–Crippen MR) is 132 cm³/mol. The van der Waals surface area contributed by atoms with Gasteiger partial charge in [-0.05, 0) is 87.4 Å². The summed E-state index contributed by atoms with van der Waals surface area (Å²) in [4.78, 5) is 19.9. The van der Waals surface area contributed by atoms with Gasteiger partial charge in [-0.25, -0.2) is 0 Å². The van der Waals surface area contributed by atoms with Crippen molar-refractivity contribution in [2.45, 2.75) is 78.0 Å². The van der Waals surface area contributed by atoms with Crippen molar-refractivity contribution in [3.8, 4) is 5.75 Å². The van der Waals surface area contributed by atoms with E-state index in [1.807, 2.05) is 45.2 Å². The van der Waals surface area contributed by atoms with Crippen LogP contribution in [0, 0.1) is 11.3 Å². The quantitative estimate of drug-likeness (QED) is 0.605. The molecular weight excluding hydrogens is 410 g/mol. The van der Waals surface area contributed by atoms with Gasteiger partial charge in [-0.2, -0.15) is 0 Å². The largest absolute Gasteiger partial charge is 0.490 e. The van der Waals surface area contributed by atoms with Crippen molar-refractivity contribution in [3.63, 3.8) is 0 Å². The Balaban J connectivity index is 1.36. The number of nitrogens with one attached hydrogen (secondary N) is 1. The van der Waals surface area contributed by atoms with E-state index in [9.17, 15) is 4.79 Å². The van der Waals surface area contributed by atoms with Gasteiger partial charge in [0.15, 0.2) is 0 Å². The normalized spacial score (nSPS) is 19.4. The summed E-state index contributed by atoms with van der Waals surface area (Å²) in [6.07, 6.45) is 9.24. The van der Waals surface area contributed by atoms with Gasteiger partial charge in [0.25, 0.3) is 0 Å². The maximum atomic E-state index is 12.8. The van der Waals surface area contributed by atoms with Gasteiger partial charge < -0.3 is 10.1 Å². The van der Waals surface area contributed by atoms with Gasteiger partial charge >= 0.3 is 0 Å². The Hall–Kier alpha value is -2.40. The number of benzene rings is 1. The first-order valence-corrected chi connectivity index (χ1v) is 12.6. The molecule has 2 heterocycles. The number of pyridine rings is 1. The zero-order valence-electron chi connectivity index (χ0n) is 20.4. The number of nitrogens with zero attached hydrogens (tertiary/aromatic N) is 2. The lowest BCUT2D eigenvalue weighted by Gasteiger charge is -2.37. The van der Waals surface area contributed by atoms with Gasteiger partial charge in [-0.15, -0.1) is 0 Å². The van der Waals surface area contributed by atoms with Crippen LogP contribution >= 0.6 is 0 Å².